The quantitative estimate of drug-likeness (QED) is 0.791. The van der Waals surface area contributed by atoms with Crippen LogP contribution in [0, 0.1) is 5.92 Å². The molecule has 7 heteroatoms. The van der Waals surface area contributed by atoms with Crippen LogP contribution in [0.15, 0.2) is 35.4 Å². The molecule has 0 aliphatic carbocycles. The number of fused-ring (bicyclic) bond motifs is 4. The number of hydrogen-bond acceptors (Lipinski definition) is 6. The summed E-state index contributed by atoms with van der Waals surface area (Å²) in [6.07, 6.45) is 2.59. The molecular formula is C23H23N3O4. The van der Waals surface area contributed by atoms with E-state index in [0.717, 1.165) is 33.3 Å². The Hall–Kier alpha value is -3.19. The highest BCUT2D eigenvalue weighted by molar-refractivity contribution is 6.11. The third-order valence-electron chi connectivity index (χ3n) is 6.07. The zero-order valence-corrected chi connectivity index (χ0v) is 17.2. The molecule has 1 aromatic heterocycles. The predicted molar refractivity (Wildman–Crippen MR) is 112 cm³/mol. The SMILES string of the molecule is CC[C@H]1C(=O)OCC2=C1C=C1c3nc4ccc(O)c(CN(C)C)c4cc3C(=O)N1C2. The summed E-state index contributed by atoms with van der Waals surface area (Å²) < 4.78 is 5.33. The summed E-state index contributed by atoms with van der Waals surface area (Å²) in [5.41, 5.74) is 5.32. The lowest BCUT2D eigenvalue weighted by atomic mass is 9.87. The van der Waals surface area contributed by atoms with Crippen molar-refractivity contribution in [2.24, 2.45) is 5.92 Å². The molecule has 0 spiro atoms. The van der Waals surface area contributed by atoms with E-state index in [2.05, 4.69) is 0 Å². The van der Waals surface area contributed by atoms with Crippen molar-refractivity contribution in [3.05, 3.63) is 52.2 Å². The molecule has 0 bridgehead atoms. The molecular weight excluding hydrogens is 382 g/mol. The fourth-order valence-corrected chi connectivity index (χ4v) is 4.60. The summed E-state index contributed by atoms with van der Waals surface area (Å²) in [4.78, 5) is 33.9. The first-order valence-electron chi connectivity index (χ1n) is 10.1. The number of cyclic esters (lactones) is 1. The summed E-state index contributed by atoms with van der Waals surface area (Å²) in [6, 6.07) is 5.27. The number of pyridine rings is 1. The highest BCUT2D eigenvalue weighted by Crippen LogP contribution is 2.42. The molecule has 0 radical (unpaired) electrons. The number of benzene rings is 1. The van der Waals surface area contributed by atoms with Crippen molar-refractivity contribution < 1.29 is 19.4 Å². The van der Waals surface area contributed by atoms with Gasteiger partial charge in [-0.15, -0.1) is 0 Å². The lowest BCUT2D eigenvalue weighted by Gasteiger charge is -2.32. The lowest BCUT2D eigenvalue weighted by Crippen LogP contribution is -2.36. The number of amides is 1. The molecule has 2 aromatic rings. The average Bonchev–Trinajstić information content (AvgIpc) is 2.98. The smallest absolute Gasteiger partial charge is 0.313 e. The second-order valence-electron chi connectivity index (χ2n) is 8.30. The largest absolute Gasteiger partial charge is 0.508 e. The van der Waals surface area contributed by atoms with Crippen LogP contribution in [-0.4, -0.2) is 59.0 Å². The zero-order chi connectivity index (χ0) is 21.2. The van der Waals surface area contributed by atoms with E-state index >= 15 is 0 Å². The van der Waals surface area contributed by atoms with Gasteiger partial charge in [0.1, 0.15) is 18.1 Å². The van der Waals surface area contributed by atoms with Gasteiger partial charge < -0.3 is 19.6 Å². The Morgan fingerprint density at radius 2 is 2.10 bits per heavy atom. The third kappa shape index (κ3) is 2.65. The Labute approximate surface area is 174 Å². The minimum absolute atomic E-state index is 0.110. The summed E-state index contributed by atoms with van der Waals surface area (Å²) in [5.74, 6) is -0.423. The molecule has 154 valence electrons. The number of carbonyl (C=O) groups excluding carboxylic acids is 2. The topological polar surface area (TPSA) is 83.0 Å². The van der Waals surface area contributed by atoms with E-state index in [1.807, 2.05) is 38.1 Å². The molecule has 4 heterocycles. The van der Waals surface area contributed by atoms with Gasteiger partial charge in [0.2, 0.25) is 0 Å². The first kappa shape index (κ1) is 18.8. The van der Waals surface area contributed by atoms with E-state index in [1.165, 1.54) is 0 Å². The van der Waals surface area contributed by atoms with Crippen LogP contribution in [0.2, 0.25) is 0 Å². The normalized spacial score (nSPS) is 20.3. The van der Waals surface area contributed by atoms with Gasteiger partial charge >= 0.3 is 5.97 Å². The van der Waals surface area contributed by atoms with Gasteiger partial charge in [-0.2, -0.15) is 0 Å². The highest BCUT2D eigenvalue weighted by Gasteiger charge is 2.41. The summed E-state index contributed by atoms with van der Waals surface area (Å²) >= 11 is 0. The number of hydrogen-bond donors (Lipinski definition) is 1. The molecule has 1 N–H and O–H groups in total. The van der Waals surface area contributed by atoms with Crippen molar-refractivity contribution in [1.29, 1.82) is 0 Å². The van der Waals surface area contributed by atoms with Gasteiger partial charge in [-0.25, -0.2) is 4.98 Å². The summed E-state index contributed by atoms with van der Waals surface area (Å²) in [7, 11) is 3.86. The Morgan fingerprint density at radius 3 is 2.83 bits per heavy atom. The third-order valence-corrected chi connectivity index (χ3v) is 6.07. The van der Waals surface area contributed by atoms with Gasteiger partial charge in [0.05, 0.1) is 29.2 Å². The van der Waals surface area contributed by atoms with Crippen LogP contribution >= 0.6 is 0 Å². The van der Waals surface area contributed by atoms with E-state index < -0.39 is 0 Å². The number of esters is 1. The Balaban J connectivity index is 1.68. The fourth-order valence-electron chi connectivity index (χ4n) is 4.60. The molecule has 1 amide bonds. The molecule has 3 aliphatic heterocycles. The second kappa shape index (κ2) is 6.67. The standard InChI is InChI=1S/C23H23N3O4/c1-4-13-14-8-19-21-16(22(28)26(19)9-12(14)11-30-23(13)29)7-15-17(10-25(2)3)20(27)6-5-18(15)24-21/h5-8,13,27H,4,9-11H2,1-3H3/t13-/m1/s1. The molecule has 5 rings (SSSR count). The number of nitrogens with zero attached hydrogens (tertiary/aromatic N) is 3. The number of phenols is 1. The summed E-state index contributed by atoms with van der Waals surface area (Å²) in [5, 5.41) is 11.2. The van der Waals surface area contributed by atoms with Crippen LogP contribution in [0.5, 0.6) is 5.75 Å². The number of carbonyl (C=O) groups is 2. The van der Waals surface area contributed by atoms with E-state index in [1.54, 1.807) is 17.0 Å². The maximum absolute atomic E-state index is 13.2. The van der Waals surface area contributed by atoms with Crippen molar-refractivity contribution in [3.8, 4) is 5.75 Å². The molecule has 0 fully saturated rings. The van der Waals surface area contributed by atoms with Crippen LogP contribution in [0.3, 0.4) is 0 Å². The van der Waals surface area contributed by atoms with Gasteiger partial charge in [0.15, 0.2) is 0 Å². The van der Waals surface area contributed by atoms with Gasteiger partial charge in [-0.3, -0.25) is 9.59 Å². The number of ether oxygens (including phenoxy) is 1. The van der Waals surface area contributed by atoms with Crippen LogP contribution in [0.4, 0.5) is 0 Å². The van der Waals surface area contributed by atoms with Gasteiger partial charge in [0.25, 0.3) is 5.91 Å². The van der Waals surface area contributed by atoms with E-state index in [4.69, 9.17) is 9.72 Å². The molecule has 1 aromatic carbocycles. The maximum atomic E-state index is 13.2. The molecule has 0 unspecified atom stereocenters. The predicted octanol–water partition coefficient (Wildman–Crippen LogP) is 2.69. The average molecular weight is 405 g/mol. The number of allylic oxidation sites excluding steroid dienone is 1. The number of aromatic hydroxyl groups is 1. The molecule has 0 saturated carbocycles. The van der Waals surface area contributed by atoms with Crippen molar-refractivity contribution in [2.45, 2.75) is 19.9 Å². The minimum atomic E-state index is -0.299. The van der Waals surface area contributed by atoms with Crippen LogP contribution in [0.25, 0.3) is 16.6 Å². The van der Waals surface area contributed by atoms with Crippen molar-refractivity contribution >= 4 is 28.5 Å². The maximum Gasteiger partial charge on any atom is 0.313 e. The first-order chi connectivity index (χ1) is 14.4. The Kier molecular flexibility index (Phi) is 4.18. The fraction of sp³-hybridized carbons (Fsp3) is 0.348. The number of phenolic OH excluding ortho intramolecular Hbond substituents is 1. The van der Waals surface area contributed by atoms with Crippen LogP contribution in [0.1, 0.15) is 35.0 Å². The molecule has 7 nitrogen and oxygen atoms in total. The molecule has 0 saturated heterocycles. The Morgan fingerprint density at radius 1 is 1.30 bits per heavy atom. The van der Waals surface area contributed by atoms with Crippen LogP contribution in [-0.2, 0) is 16.1 Å². The van der Waals surface area contributed by atoms with Crippen LogP contribution < -0.4 is 0 Å². The zero-order valence-electron chi connectivity index (χ0n) is 17.2. The highest BCUT2D eigenvalue weighted by atomic mass is 16.5. The lowest BCUT2D eigenvalue weighted by molar-refractivity contribution is -0.147. The molecule has 1 atom stereocenters. The Bertz CT molecular complexity index is 1180. The number of aromatic nitrogens is 1. The summed E-state index contributed by atoms with van der Waals surface area (Å²) in [6.45, 7) is 3.14. The van der Waals surface area contributed by atoms with Gasteiger partial charge in [0, 0.05) is 17.5 Å². The van der Waals surface area contributed by atoms with Crippen molar-refractivity contribution in [1.82, 2.24) is 14.8 Å². The van der Waals surface area contributed by atoms with Gasteiger partial charge in [-0.1, -0.05) is 6.92 Å². The molecule has 30 heavy (non-hydrogen) atoms. The minimum Gasteiger partial charge on any atom is -0.508 e. The van der Waals surface area contributed by atoms with Crippen molar-refractivity contribution in [3.63, 3.8) is 0 Å². The molecule has 3 aliphatic rings. The number of rotatable bonds is 3. The first-order valence-corrected chi connectivity index (χ1v) is 10.1. The second-order valence-corrected chi connectivity index (χ2v) is 8.30. The van der Waals surface area contributed by atoms with E-state index in [0.29, 0.717) is 30.8 Å². The van der Waals surface area contributed by atoms with E-state index in [9.17, 15) is 14.7 Å². The van der Waals surface area contributed by atoms with E-state index in [-0.39, 0.29) is 30.2 Å². The van der Waals surface area contributed by atoms with Crippen molar-refractivity contribution in [2.75, 3.05) is 27.2 Å². The van der Waals surface area contributed by atoms with Gasteiger partial charge in [-0.05, 0) is 55.9 Å². The monoisotopic (exact) mass is 405 g/mol.